The molecule has 2 aromatic rings. The van der Waals surface area contributed by atoms with Crippen molar-refractivity contribution in [3.63, 3.8) is 0 Å². The van der Waals surface area contributed by atoms with Gasteiger partial charge in [-0.15, -0.1) is 0 Å². The van der Waals surface area contributed by atoms with Crippen LogP contribution in [0, 0.1) is 6.92 Å². The molecular weight excluding hydrogens is 336 g/mol. The second-order valence-corrected chi connectivity index (χ2v) is 5.13. The summed E-state index contributed by atoms with van der Waals surface area (Å²) in [6.07, 6.45) is 0.694. The maximum Gasteiger partial charge on any atom is 0.185 e. The minimum absolute atomic E-state index is 0.328. The average Bonchev–Trinajstić information content (AvgIpc) is 2.64. The van der Waals surface area contributed by atoms with Crippen molar-refractivity contribution < 1.29 is 9.21 Å². The molecule has 0 atom stereocenters. The van der Waals surface area contributed by atoms with Crippen LogP contribution >= 0.6 is 31.9 Å². The molecule has 0 amide bonds. The highest BCUT2D eigenvalue weighted by molar-refractivity contribution is 9.11. The van der Waals surface area contributed by atoms with E-state index in [0.29, 0.717) is 17.8 Å². The van der Waals surface area contributed by atoms with Crippen molar-refractivity contribution in [1.29, 1.82) is 0 Å². The van der Waals surface area contributed by atoms with E-state index in [4.69, 9.17) is 4.42 Å². The van der Waals surface area contributed by atoms with E-state index in [1.807, 2.05) is 19.1 Å². The third-order valence-corrected chi connectivity index (χ3v) is 3.43. The molecule has 0 radical (unpaired) electrons. The number of furan rings is 1. The lowest BCUT2D eigenvalue weighted by molar-refractivity contribution is 0.110. The van der Waals surface area contributed by atoms with E-state index in [-0.39, 0.29) is 0 Å². The van der Waals surface area contributed by atoms with Crippen molar-refractivity contribution in [2.75, 3.05) is 0 Å². The van der Waals surface area contributed by atoms with Gasteiger partial charge in [-0.05, 0) is 68.6 Å². The van der Waals surface area contributed by atoms with Crippen molar-refractivity contribution in [3.05, 3.63) is 44.5 Å². The lowest BCUT2D eigenvalue weighted by Gasteiger charge is -2.05. The standard InChI is InChI=1S/C12H8Br2O2/c1-7-4-9(13)12(10(14)5-7)11-3-2-8(6-15)16-11/h2-6H,1H3. The molecule has 0 unspecified atom stereocenters. The van der Waals surface area contributed by atoms with Crippen molar-refractivity contribution in [2.24, 2.45) is 0 Å². The fourth-order valence-corrected chi connectivity index (χ4v) is 3.29. The summed E-state index contributed by atoms with van der Waals surface area (Å²) in [5.74, 6) is 0.996. The van der Waals surface area contributed by atoms with Gasteiger partial charge in [-0.2, -0.15) is 0 Å². The third kappa shape index (κ3) is 2.13. The Kier molecular flexibility index (Phi) is 3.30. The van der Waals surface area contributed by atoms with E-state index in [1.54, 1.807) is 12.1 Å². The van der Waals surface area contributed by atoms with Crippen LogP contribution in [-0.4, -0.2) is 6.29 Å². The number of hydrogen-bond acceptors (Lipinski definition) is 2. The van der Waals surface area contributed by atoms with Gasteiger partial charge in [0.1, 0.15) is 5.76 Å². The predicted molar refractivity (Wildman–Crippen MR) is 69.7 cm³/mol. The minimum atomic E-state index is 0.328. The SMILES string of the molecule is Cc1cc(Br)c(-c2ccc(C=O)o2)c(Br)c1. The zero-order valence-corrected chi connectivity index (χ0v) is 11.6. The van der Waals surface area contributed by atoms with Gasteiger partial charge >= 0.3 is 0 Å². The molecule has 2 nitrogen and oxygen atoms in total. The van der Waals surface area contributed by atoms with Gasteiger partial charge in [0.25, 0.3) is 0 Å². The van der Waals surface area contributed by atoms with Crippen molar-refractivity contribution in [3.8, 4) is 11.3 Å². The van der Waals surface area contributed by atoms with Crippen LogP contribution in [0.15, 0.2) is 37.6 Å². The number of aldehydes is 1. The van der Waals surface area contributed by atoms with Crippen molar-refractivity contribution in [2.45, 2.75) is 6.92 Å². The molecule has 1 aromatic heterocycles. The topological polar surface area (TPSA) is 30.2 Å². The largest absolute Gasteiger partial charge is 0.453 e. The van der Waals surface area contributed by atoms with Crippen LogP contribution in [0.4, 0.5) is 0 Å². The van der Waals surface area contributed by atoms with E-state index in [1.165, 1.54) is 0 Å². The molecule has 82 valence electrons. The molecule has 0 fully saturated rings. The highest BCUT2D eigenvalue weighted by atomic mass is 79.9. The van der Waals surface area contributed by atoms with E-state index in [0.717, 1.165) is 20.1 Å². The Labute approximate surface area is 110 Å². The number of carbonyl (C=O) groups excluding carboxylic acids is 1. The zero-order valence-electron chi connectivity index (χ0n) is 8.46. The van der Waals surface area contributed by atoms with Gasteiger partial charge in [0.15, 0.2) is 12.0 Å². The summed E-state index contributed by atoms with van der Waals surface area (Å²) in [5, 5.41) is 0. The van der Waals surface area contributed by atoms with E-state index in [2.05, 4.69) is 31.9 Å². The Morgan fingerprint density at radius 2 is 1.81 bits per heavy atom. The highest BCUT2D eigenvalue weighted by Gasteiger charge is 2.12. The summed E-state index contributed by atoms with van der Waals surface area (Å²) in [6, 6.07) is 7.44. The second-order valence-electron chi connectivity index (χ2n) is 3.42. The maximum atomic E-state index is 10.6. The third-order valence-electron chi connectivity index (χ3n) is 2.18. The first-order chi connectivity index (χ1) is 7.61. The van der Waals surface area contributed by atoms with Gasteiger partial charge in [0.2, 0.25) is 0 Å². The molecule has 16 heavy (non-hydrogen) atoms. The monoisotopic (exact) mass is 342 g/mol. The number of rotatable bonds is 2. The Morgan fingerprint density at radius 1 is 1.19 bits per heavy atom. The van der Waals surface area contributed by atoms with Crippen LogP contribution in [0.3, 0.4) is 0 Å². The summed E-state index contributed by atoms with van der Waals surface area (Å²) in [6.45, 7) is 2.01. The number of benzene rings is 1. The Hall–Kier alpha value is -0.870. The van der Waals surface area contributed by atoms with Crippen LogP contribution in [0.5, 0.6) is 0 Å². The number of halogens is 2. The lowest BCUT2D eigenvalue weighted by atomic mass is 10.1. The molecule has 2 rings (SSSR count). The Balaban J connectivity index is 2.59. The molecule has 1 heterocycles. The zero-order chi connectivity index (χ0) is 11.7. The van der Waals surface area contributed by atoms with E-state index in [9.17, 15) is 4.79 Å². The molecule has 0 N–H and O–H groups in total. The quantitative estimate of drug-likeness (QED) is 0.746. The average molecular weight is 344 g/mol. The van der Waals surface area contributed by atoms with Crippen molar-refractivity contribution in [1.82, 2.24) is 0 Å². The molecule has 0 aliphatic heterocycles. The summed E-state index contributed by atoms with van der Waals surface area (Å²) >= 11 is 6.97. The Bertz CT molecular complexity index is 521. The molecule has 1 aromatic carbocycles. The molecule has 4 heteroatoms. The van der Waals surface area contributed by atoms with E-state index >= 15 is 0 Å². The molecule has 0 saturated heterocycles. The van der Waals surface area contributed by atoms with Crippen LogP contribution in [0.25, 0.3) is 11.3 Å². The molecular formula is C12H8Br2O2. The van der Waals surface area contributed by atoms with E-state index < -0.39 is 0 Å². The molecule has 0 aliphatic carbocycles. The fraction of sp³-hybridized carbons (Fsp3) is 0.0833. The summed E-state index contributed by atoms with van der Waals surface area (Å²) < 4.78 is 7.26. The molecule has 0 spiro atoms. The van der Waals surface area contributed by atoms with Gasteiger partial charge in [0, 0.05) is 14.5 Å². The van der Waals surface area contributed by atoms with Crippen LogP contribution < -0.4 is 0 Å². The lowest BCUT2D eigenvalue weighted by Crippen LogP contribution is -1.82. The maximum absolute atomic E-state index is 10.6. The summed E-state index contributed by atoms with van der Waals surface area (Å²) in [4.78, 5) is 10.6. The van der Waals surface area contributed by atoms with Crippen LogP contribution in [0.1, 0.15) is 16.1 Å². The number of aryl methyl sites for hydroxylation is 1. The smallest absolute Gasteiger partial charge is 0.185 e. The summed E-state index contributed by atoms with van der Waals surface area (Å²) in [5.41, 5.74) is 2.06. The Morgan fingerprint density at radius 3 is 2.31 bits per heavy atom. The first kappa shape index (κ1) is 11.6. The number of carbonyl (C=O) groups is 1. The highest BCUT2D eigenvalue weighted by Crippen LogP contribution is 2.36. The van der Waals surface area contributed by atoms with Gasteiger partial charge in [-0.3, -0.25) is 4.79 Å². The van der Waals surface area contributed by atoms with Gasteiger partial charge in [-0.25, -0.2) is 0 Å². The predicted octanol–water partition coefficient (Wildman–Crippen LogP) is 4.59. The van der Waals surface area contributed by atoms with Gasteiger partial charge in [0.05, 0.1) is 0 Å². The van der Waals surface area contributed by atoms with Crippen LogP contribution in [0.2, 0.25) is 0 Å². The normalized spacial score (nSPS) is 10.4. The van der Waals surface area contributed by atoms with Gasteiger partial charge < -0.3 is 4.42 Å². The number of hydrogen-bond donors (Lipinski definition) is 0. The van der Waals surface area contributed by atoms with Crippen molar-refractivity contribution >= 4 is 38.1 Å². The van der Waals surface area contributed by atoms with Crippen LogP contribution in [-0.2, 0) is 0 Å². The minimum Gasteiger partial charge on any atom is -0.453 e. The first-order valence-corrected chi connectivity index (χ1v) is 6.21. The second kappa shape index (κ2) is 4.55. The molecule has 0 aliphatic rings. The first-order valence-electron chi connectivity index (χ1n) is 4.63. The molecule has 0 saturated carbocycles. The molecule has 0 bridgehead atoms. The summed E-state index contributed by atoms with van der Waals surface area (Å²) in [7, 11) is 0. The van der Waals surface area contributed by atoms with Gasteiger partial charge in [-0.1, -0.05) is 0 Å². The fourth-order valence-electron chi connectivity index (χ4n) is 1.49.